The fourth-order valence-electron chi connectivity index (χ4n) is 4.02. The lowest BCUT2D eigenvalue weighted by Crippen LogP contribution is -2.51. The molecule has 140 valence electrons. The average molecular weight is 366 g/mol. The lowest BCUT2D eigenvalue weighted by molar-refractivity contribution is 0.0510. The van der Waals surface area contributed by atoms with E-state index in [1.807, 2.05) is 35.2 Å². The Kier molecular flexibility index (Phi) is 4.92. The standard InChI is InChI=1S/C22H23FN2O2/c1-15-20(23)10-11-21(24-15)17-12-18-8-5-9-19(13-17)25(18)22(26)27-14-16-6-3-2-4-7-16/h2-4,6-7,10-12,18-19H,5,8-9,13-14H2,1H3. The minimum Gasteiger partial charge on any atom is -0.445 e. The summed E-state index contributed by atoms with van der Waals surface area (Å²) in [6.45, 7) is 1.96. The van der Waals surface area contributed by atoms with Gasteiger partial charge in [-0.05, 0) is 55.9 Å². The third-order valence-corrected chi connectivity index (χ3v) is 5.40. The number of carbonyl (C=O) groups excluding carboxylic acids is 1. The number of aryl methyl sites for hydroxylation is 1. The minimum atomic E-state index is -0.290. The molecule has 0 radical (unpaired) electrons. The van der Waals surface area contributed by atoms with Crippen molar-refractivity contribution in [2.24, 2.45) is 0 Å². The average Bonchev–Trinajstić information content (AvgIpc) is 2.68. The van der Waals surface area contributed by atoms with Crippen molar-refractivity contribution in [1.29, 1.82) is 0 Å². The van der Waals surface area contributed by atoms with Crippen LogP contribution < -0.4 is 0 Å². The Morgan fingerprint density at radius 3 is 2.78 bits per heavy atom. The Hall–Kier alpha value is -2.69. The Morgan fingerprint density at radius 2 is 2.04 bits per heavy atom. The van der Waals surface area contributed by atoms with Gasteiger partial charge in [-0.25, -0.2) is 9.18 Å². The summed E-state index contributed by atoms with van der Waals surface area (Å²) < 4.78 is 19.1. The van der Waals surface area contributed by atoms with Crippen LogP contribution in [0.3, 0.4) is 0 Å². The van der Waals surface area contributed by atoms with Gasteiger partial charge in [-0.1, -0.05) is 36.4 Å². The first kappa shape index (κ1) is 17.7. The normalized spacial score (nSPS) is 21.6. The van der Waals surface area contributed by atoms with Crippen LogP contribution in [0, 0.1) is 12.7 Å². The summed E-state index contributed by atoms with van der Waals surface area (Å²) in [6, 6.07) is 13.0. The second kappa shape index (κ2) is 7.51. The monoisotopic (exact) mass is 366 g/mol. The Morgan fingerprint density at radius 1 is 1.22 bits per heavy atom. The number of benzene rings is 1. The number of amides is 1. The Balaban J connectivity index is 1.51. The highest BCUT2D eigenvalue weighted by Crippen LogP contribution is 2.37. The van der Waals surface area contributed by atoms with Gasteiger partial charge >= 0.3 is 6.09 Å². The number of rotatable bonds is 3. The highest BCUT2D eigenvalue weighted by Gasteiger charge is 2.38. The fourth-order valence-corrected chi connectivity index (χ4v) is 4.02. The molecule has 0 N–H and O–H groups in total. The fraction of sp³-hybridized carbons (Fsp3) is 0.364. The Labute approximate surface area is 158 Å². The molecular formula is C22H23FN2O2. The van der Waals surface area contributed by atoms with Crippen molar-refractivity contribution in [3.8, 4) is 0 Å². The van der Waals surface area contributed by atoms with Crippen LogP contribution in [-0.2, 0) is 11.3 Å². The Bertz CT molecular complexity index is 866. The molecule has 5 heteroatoms. The number of ether oxygens (including phenoxy) is 1. The summed E-state index contributed by atoms with van der Waals surface area (Å²) in [7, 11) is 0. The predicted octanol–water partition coefficient (Wildman–Crippen LogP) is 4.88. The van der Waals surface area contributed by atoms with Crippen molar-refractivity contribution in [2.75, 3.05) is 0 Å². The maximum atomic E-state index is 13.5. The maximum absolute atomic E-state index is 13.5. The number of fused-ring (bicyclic) bond motifs is 2. The van der Waals surface area contributed by atoms with Gasteiger partial charge in [0.1, 0.15) is 12.4 Å². The van der Waals surface area contributed by atoms with Gasteiger partial charge in [0.05, 0.1) is 17.4 Å². The number of halogens is 1. The molecule has 0 spiro atoms. The summed E-state index contributed by atoms with van der Waals surface area (Å²) >= 11 is 0. The van der Waals surface area contributed by atoms with E-state index in [4.69, 9.17) is 4.74 Å². The van der Waals surface area contributed by atoms with Crippen LogP contribution in [0.15, 0.2) is 48.5 Å². The molecule has 1 saturated heterocycles. The second-order valence-corrected chi connectivity index (χ2v) is 7.26. The molecule has 0 aliphatic carbocycles. The highest BCUT2D eigenvalue weighted by molar-refractivity contribution is 5.73. The maximum Gasteiger partial charge on any atom is 0.410 e. The van der Waals surface area contributed by atoms with E-state index in [0.717, 1.165) is 42.5 Å². The van der Waals surface area contributed by atoms with Crippen LogP contribution in [0.4, 0.5) is 9.18 Å². The number of pyridine rings is 1. The van der Waals surface area contributed by atoms with Gasteiger partial charge in [0.2, 0.25) is 0 Å². The van der Waals surface area contributed by atoms with E-state index in [0.29, 0.717) is 5.69 Å². The molecule has 2 atom stereocenters. The number of piperidine rings is 1. The first-order valence-corrected chi connectivity index (χ1v) is 9.45. The summed E-state index contributed by atoms with van der Waals surface area (Å²) in [5, 5.41) is 0. The summed E-state index contributed by atoms with van der Waals surface area (Å²) in [5.74, 6) is -0.290. The van der Waals surface area contributed by atoms with Crippen molar-refractivity contribution in [1.82, 2.24) is 9.88 Å². The zero-order chi connectivity index (χ0) is 18.8. The van der Waals surface area contributed by atoms with Gasteiger partial charge in [-0.15, -0.1) is 0 Å². The largest absolute Gasteiger partial charge is 0.445 e. The summed E-state index contributed by atoms with van der Waals surface area (Å²) in [4.78, 5) is 19.0. The van der Waals surface area contributed by atoms with E-state index in [2.05, 4.69) is 11.1 Å². The van der Waals surface area contributed by atoms with E-state index in [-0.39, 0.29) is 30.6 Å². The molecule has 1 amide bonds. The van der Waals surface area contributed by atoms with Crippen molar-refractivity contribution in [3.63, 3.8) is 0 Å². The third-order valence-electron chi connectivity index (χ3n) is 5.40. The molecule has 3 heterocycles. The van der Waals surface area contributed by atoms with Gasteiger partial charge in [-0.3, -0.25) is 9.88 Å². The predicted molar refractivity (Wildman–Crippen MR) is 101 cm³/mol. The van der Waals surface area contributed by atoms with Gasteiger partial charge < -0.3 is 4.74 Å². The molecule has 1 fully saturated rings. The molecule has 27 heavy (non-hydrogen) atoms. The number of carbonyl (C=O) groups is 1. The van der Waals surface area contributed by atoms with E-state index in [1.54, 1.807) is 13.0 Å². The van der Waals surface area contributed by atoms with Crippen molar-refractivity contribution < 1.29 is 13.9 Å². The first-order valence-electron chi connectivity index (χ1n) is 9.45. The summed E-state index contributed by atoms with van der Waals surface area (Å²) in [6.07, 6.45) is 5.55. The zero-order valence-corrected chi connectivity index (χ0v) is 15.4. The lowest BCUT2D eigenvalue weighted by atomic mass is 9.84. The molecule has 1 aromatic heterocycles. The van der Waals surface area contributed by atoms with Gasteiger partial charge in [-0.2, -0.15) is 0 Å². The molecular weight excluding hydrogens is 343 g/mol. The van der Waals surface area contributed by atoms with Gasteiger partial charge in [0.25, 0.3) is 0 Å². The first-order chi connectivity index (χ1) is 13.1. The molecule has 4 rings (SSSR count). The molecule has 1 aromatic carbocycles. The SMILES string of the molecule is Cc1nc(C2=CC3CCCC(C2)N3C(=O)OCc2ccccc2)ccc1F. The number of aromatic nitrogens is 1. The molecule has 2 unspecified atom stereocenters. The zero-order valence-electron chi connectivity index (χ0n) is 15.4. The molecule has 2 aliphatic rings. The highest BCUT2D eigenvalue weighted by atomic mass is 19.1. The lowest BCUT2D eigenvalue weighted by Gasteiger charge is -2.44. The molecule has 0 saturated carbocycles. The summed E-state index contributed by atoms with van der Waals surface area (Å²) in [5.41, 5.74) is 3.29. The smallest absolute Gasteiger partial charge is 0.410 e. The van der Waals surface area contributed by atoms with Crippen LogP contribution in [0.25, 0.3) is 5.57 Å². The quantitative estimate of drug-likeness (QED) is 0.778. The molecule has 2 aliphatic heterocycles. The van der Waals surface area contributed by atoms with Crippen LogP contribution in [0.5, 0.6) is 0 Å². The van der Waals surface area contributed by atoms with Crippen LogP contribution in [-0.4, -0.2) is 28.1 Å². The molecule has 2 bridgehead atoms. The van der Waals surface area contributed by atoms with Gasteiger partial charge in [0.15, 0.2) is 0 Å². The van der Waals surface area contributed by atoms with Crippen molar-refractivity contribution >= 4 is 11.7 Å². The minimum absolute atomic E-state index is 0.0166. The van der Waals surface area contributed by atoms with Gasteiger partial charge in [0, 0.05) is 6.04 Å². The molecule has 4 nitrogen and oxygen atoms in total. The van der Waals surface area contributed by atoms with E-state index in [9.17, 15) is 9.18 Å². The van der Waals surface area contributed by atoms with Crippen molar-refractivity contribution in [2.45, 2.75) is 51.3 Å². The van der Waals surface area contributed by atoms with Crippen LogP contribution in [0.2, 0.25) is 0 Å². The second-order valence-electron chi connectivity index (χ2n) is 7.26. The van der Waals surface area contributed by atoms with E-state index in [1.165, 1.54) is 6.07 Å². The van der Waals surface area contributed by atoms with E-state index >= 15 is 0 Å². The van der Waals surface area contributed by atoms with Crippen LogP contribution in [0.1, 0.15) is 42.6 Å². The topological polar surface area (TPSA) is 42.4 Å². The van der Waals surface area contributed by atoms with E-state index < -0.39 is 0 Å². The van der Waals surface area contributed by atoms with Crippen molar-refractivity contribution in [3.05, 3.63) is 71.3 Å². The molecule has 2 aromatic rings. The number of nitrogens with zero attached hydrogens (tertiary/aromatic N) is 2. The number of hydrogen-bond donors (Lipinski definition) is 0. The van der Waals surface area contributed by atoms with Crippen LogP contribution >= 0.6 is 0 Å². The third kappa shape index (κ3) is 3.72. The number of hydrogen-bond acceptors (Lipinski definition) is 3.